The molecule has 12 heteroatoms. The van der Waals surface area contributed by atoms with Gasteiger partial charge in [-0.1, -0.05) is 11.3 Å². The second-order valence-corrected chi connectivity index (χ2v) is 8.77. The van der Waals surface area contributed by atoms with E-state index in [1.54, 1.807) is 22.6 Å². The summed E-state index contributed by atoms with van der Waals surface area (Å²) in [5.74, 6) is 0.275. The Balaban J connectivity index is 1.57. The number of hydrogen-bond donors (Lipinski definition) is 3. The van der Waals surface area contributed by atoms with Gasteiger partial charge in [-0.15, -0.1) is 0 Å². The Kier molecular flexibility index (Phi) is 5.67. The van der Waals surface area contributed by atoms with Crippen LogP contribution < -0.4 is 21.7 Å². The maximum absolute atomic E-state index is 14.0. The van der Waals surface area contributed by atoms with E-state index in [9.17, 15) is 9.18 Å². The number of aromatic nitrogens is 5. The van der Waals surface area contributed by atoms with Crippen LogP contribution in [0.3, 0.4) is 0 Å². The predicted molar refractivity (Wildman–Crippen MR) is 119 cm³/mol. The number of halogens is 1. The first-order valence-corrected chi connectivity index (χ1v) is 10.8. The third-order valence-electron chi connectivity index (χ3n) is 5.44. The molecule has 2 atom stereocenters. The number of nitrogens with zero attached hydrogens (tertiary/aromatic N) is 6. The van der Waals surface area contributed by atoms with Crippen molar-refractivity contribution in [1.82, 2.24) is 24.5 Å². The second kappa shape index (κ2) is 8.27. The molecule has 10 nitrogen and oxygen atoms in total. The molecule has 0 aromatic carbocycles. The minimum atomic E-state index is -1.04. The lowest BCUT2D eigenvalue weighted by atomic mass is 10.1. The van der Waals surface area contributed by atoms with E-state index in [0.717, 1.165) is 11.3 Å². The number of alkyl halides is 1. The van der Waals surface area contributed by atoms with Gasteiger partial charge in [-0.2, -0.15) is 10.2 Å². The number of nitrogens with two attached hydrogens (primary N) is 2. The summed E-state index contributed by atoms with van der Waals surface area (Å²) >= 11 is 1.24. The molecule has 166 valence electrons. The molecule has 1 fully saturated rings. The molecule has 0 bridgehead atoms. The zero-order valence-electron chi connectivity index (χ0n) is 17.7. The molecule has 0 radical (unpaired) electrons. The number of rotatable bonds is 4. The van der Waals surface area contributed by atoms with Crippen LogP contribution in [0.1, 0.15) is 29.0 Å². The van der Waals surface area contributed by atoms with E-state index in [4.69, 9.17) is 11.5 Å². The first-order chi connectivity index (χ1) is 14.7. The van der Waals surface area contributed by atoms with Crippen LogP contribution in [0.2, 0.25) is 0 Å². The topological polar surface area (TPSA) is 133 Å². The lowest BCUT2D eigenvalue weighted by Gasteiger charge is -2.24. The molecule has 3 aromatic heterocycles. The summed E-state index contributed by atoms with van der Waals surface area (Å²) in [6.45, 7) is 2.94. The number of anilines is 3. The lowest BCUT2D eigenvalue weighted by molar-refractivity contribution is 0.102. The van der Waals surface area contributed by atoms with Crippen LogP contribution in [0.4, 0.5) is 20.9 Å². The quantitative estimate of drug-likeness (QED) is 0.554. The number of amides is 1. The number of carbonyl (C=O) groups is 1. The molecule has 1 saturated heterocycles. The summed E-state index contributed by atoms with van der Waals surface area (Å²) in [5, 5.41) is 12.4. The van der Waals surface area contributed by atoms with Crippen LogP contribution in [-0.4, -0.2) is 55.8 Å². The Bertz CT molecular complexity index is 1090. The molecule has 1 aliphatic heterocycles. The molecule has 0 aliphatic carbocycles. The van der Waals surface area contributed by atoms with Gasteiger partial charge in [-0.25, -0.2) is 9.37 Å². The molecular weight excluding hydrogens is 421 g/mol. The summed E-state index contributed by atoms with van der Waals surface area (Å²) < 4.78 is 17.4. The smallest absolute Gasteiger partial charge is 0.277 e. The van der Waals surface area contributed by atoms with Gasteiger partial charge in [0.2, 0.25) is 0 Å². The lowest BCUT2D eigenvalue weighted by Crippen LogP contribution is -2.31. The van der Waals surface area contributed by atoms with Crippen LogP contribution in [0.5, 0.6) is 0 Å². The van der Waals surface area contributed by atoms with Crippen molar-refractivity contribution in [2.24, 2.45) is 19.8 Å². The molecule has 3 aromatic rings. The Hall–Kier alpha value is -2.99. The number of aryl methyl sites for hydroxylation is 3. The number of nitrogens with one attached hydrogen (secondary N) is 1. The van der Waals surface area contributed by atoms with Crippen molar-refractivity contribution in [3.8, 4) is 10.6 Å². The molecule has 4 rings (SSSR count). The van der Waals surface area contributed by atoms with Gasteiger partial charge >= 0.3 is 0 Å². The first kappa shape index (κ1) is 21.2. The molecular formula is C19H26FN9OS. The Morgan fingerprint density at radius 3 is 2.77 bits per heavy atom. The SMILES string of the molecule is Cc1nn(C)cc1-c1nc(C(=O)Nc2cnn(C)c2N2CC[C@@H](N)[C@H](F)CC2)c(N)s1. The Morgan fingerprint density at radius 2 is 2.06 bits per heavy atom. The van der Waals surface area contributed by atoms with Crippen molar-refractivity contribution in [1.29, 1.82) is 0 Å². The van der Waals surface area contributed by atoms with Gasteiger partial charge in [-0.3, -0.25) is 14.2 Å². The van der Waals surface area contributed by atoms with Crippen molar-refractivity contribution >= 4 is 33.8 Å². The molecule has 0 spiro atoms. The van der Waals surface area contributed by atoms with E-state index in [0.29, 0.717) is 47.4 Å². The molecule has 0 saturated carbocycles. The van der Waals surface area contributed by atoms with Crippen LogP contribution in [0, 0.1) is 6.92 Å². The Morgan fingerprint density at radius 1 is 1.32 bits per heavy atom. The Labute approximate surface area is 183 Å². The summed E-state index contributed by atoms with van der Waals surface area (Å²) in [4.78, 5) is 19.4. The normalized spacial score (nSPS) is 19.5. The van der Waals surface area contributed by atoms with Crippen molar-refractivity contribution in [3.63, 3.8) is 0 Å². The van der Waals surface area contributed by atoms with Crippen LogP contribution >= 0.6 is 11.3 Å². The number of thiazole rings is 1. The monoisotopic (exact) mass is 447 g/mol. The van der Waals surface area contributed by atoms with Crippen LogP contribution in [0.15, 0.2) is 12.4 Å². The number of hydrogen-bond acceptors (Lipinski definition) is 8. The zero-order valence-corrected chi connectivity index (χ0v) is 18.5. The first-order valence-electron chi connectivity index (χ1n) is 9.99. The summed E-state index contributed by atoms with van der Waals surface area (Å²) in [7, 11) is 3.61. The largest absolute Gasteiger partial charge is 0.389 e. The van der Waals surface area contributed by atoms with Crippen molar-refractivity contribution < 1.29 is 9.18 Å². The zero-order chi connectivity index (χ0) is 22.3. The van der Waals surface area contributed by atoms with E-state index in [1.807, 2.05) is 25.1 Å². The van der Waals surface area contributed by atoms with Crippen LogP contribution in [0.25, 0.3) is 10.6 Å². The minimum Gasteiger partial charge on any atom is -0.389 e. The average Bonchev–Trinajstić information content (AvgIpc) is 3.35. The van der Waals surface area contributed by atoms with Gasteiger partial charge in [0.15, 0.2) is 11.5 Å². The third kappa shape index (κ3) is 4.12. The highest BCUT2D eigenvalue weighted by molar-refractivity contribution is 7.19. The molecule has 4 heterocycles. The van der Waals surface area contributed by atoms with Crippen molar-refractivity contribution in [2.45, 2.75) is 32.0 Å². The van der Waals surface area contributed by atoms with Gasteiger partial charge in [-0.05, 0) is 19.8 Å². The van der Waals surface area contributed by atoms with E-state index < -0.39 is 18.1 Å². The van der Waals surface area contributed by atoms with Gasteiger partial charge < -0.3 is 21.7 Å². The summed E-state index contributed by atoms with van der Waals surface area (Å²) in [6.07, 6.45) is 3.22. The minimum absolute atomic E-state index is 0.153. The van der Waals surface area contributed by atoms with Crippen molar-refractivity contribution in [3.05, 3.63) is 23.8 Å². The standard InChI is InChI=1S/C19H26FN9OS/c1-10-11(9-27(2)26-10)18-25-15(16(22)31-18)17(30)24-14-8-23-28(3)19(14)29-6-4-12(20)13(21)5-7-29/h8-9,12-13H,4-7,21-22H2,1-3H3,(H,24,30)/t12-,13-/m1/s1. The highest BCUT2D eigenvalue weighted by Crippen LogP contribution is 2.33. The number of nitrogen functional groups attached to an aromatic ring is 1. The second-order valence-electron chi connectivity index (χ2n) is 7.74. The fraction of sp³-hybridized carbons (Fsp3) is 0.474. The highest BCUT2D eigenvalue weighted by atomic mass is 32.1. The van der Waals surface area contributed by atoms with E-state index in [1.165, 1.54) is 11.3 Å². The van der Waals surface area contributed by atoms with Gasteiger partial charge in [0.05, 0.1) is 17.5 Å². The van der Waals surface area contributed by atoms with E-state index in [-0.39, 0.29) is 5.69 Å². The van der Waals surface area contributed by atoms with Crippen LogP contribution in [-0.2, 0) is 14.1 Å². The molecule has 31 heavy (non-hydrogen) atoms. The maximum atomic E-state index is 14.0. The van der Waals surface area contributed by atoms with Gasteiger partial charge in [0.25, 0.3) is 5.91 Å². The predicted octanol–water partition coefficient (Wildman–Crippen LogP) is 1.69. The van der Waals surface area contributed by atoms with Gasteiger partial charge in [0, 0.05) is 39.4 Å². The van der Waals surface area contributed by atoms with E-state index >= 15 is 0 Å². The fourth-order valence-electron chi connectivity index (χ4n) is 3.80. The van der Waals surface area contributed by atoms with Crippen molar-refractivity contribution in [2.75, 3.05) is 29.0 Å². The maximum Gasteiger partial charge on any atom is 0.277 e. The molecule has 1 aliphatic rings. The van der Waals surface area contributed by atoms with Gasteiger partial charge in [0.1, 0.15) is 21.9 Å². The molecule has 5 N–H and O–H groups in total. The highest BCUT2D eigenvalue weighted by Gasteiger charge is 2.27. The summed E-state index contributed by atoms with van der Waals surface area (Å²) in [6, 6.07) is -0.486. The molecule has 0 unspecified atom stereocenters. The summed E-state index contributed by atoms with van der Waals surface area (Å²) in [5.41, 5.74) is 14.3. The molecule has 1 amide bonds. The van der Waals surface area contributed by atoms with E-state index in [2.05, 4.69) is 20.5 Å². The third-order valence-corrected chi connectivity index (χ3v) is 6.36. The number of carbonyl (C=O) groups excluding carboxylic acids is 1. The average molecular weight is 448 g/mol. The fourth-order valence-corrected chi connectivity index (χ4v) is 4.69.